The van der Waals surface area contributed by atoms with Gasteiger partial charge in [-0.3, -0.25) is 5.32 Å². The normalized spacial score (nSPS) is 17.6. The van der Waals surface area contributed by atoms with E-state index in [2.05, 4.69) is 21.0 Å². The van der Waals surface area contributed by atoms with E-state index in [1.165, 1.54) is 0 Å². The number of halogens is 1. The fourth-order valence-electron chi connectivity index (χ4n) is 4.26. The molecule has 0 aliphatic carbocycles. The molecular weight excluding hydrogens is 461 g/mol. The quantitative estimate of drug-likeness (QED) is 0.412. The number of hydrogen-bond donors (Lipinski definition) is 3. The van der Waals surface area contributed by atoms with Gasteiger partial charge in [-0.1, -0.05) is 36.4 Å². The fraction of sp³-hybridized carbons (Fsp3) is 0.407. The van der Waals surface area contributed by atoms with Gasteiger partial charge in [0.25, 0.3) is 0 Å². The monoisotopic (exact) mass is 495 g/mol. The Morgan fingerprint density at radius 3 is 2.78 bits per heavy atom. The minimum Gasteiger partial charge on any atom is -0.476 e. The molecule has 1 aliphatic rings. The highest BCUT2D eigenvalue weighted by Gasteiger charge is 2.26. The van der Waals surface area contributed by atoms with Gasteiger partial charge in [0.1, 0.15) is 12.0 Å². The van der Waals surface area contributed by atoms with Gasteiger partial charge in [0.15, 0.2) is 0 Å². The van der Waals surface area contributed by atoms with Gasteiger partial charge in [-0.2, -0.15) is 0 Å². The second-order valence-corrected chi connectivity index (χ2v) is 9.11. The minimum atomic E-state index is -0.954. The Balaban J connectivity index is 1.49. The summed E-state index contributed by atoms with van der Waals surface area (Å²) in [5, 5.41) is 13.5. The van der Waals surface area contributed by atoms with Gasteiger partial charge in [0.05, 0.1) is 24.5 Å². The molecule has 0 spiro atoms. The lowest BCUT2D eigenvalue weighted by Crippen LogP contribution is -2.40. The molecule has 0 radical (unpaired) electrons. The van der Waals surface area contributed by atoms with Crippen molar-refractivity contribution in [3.8, 4) is 11.6 Å². The van der Waals surface area contributed by atoms with Gasteiger partial charge >= 0.3 is 6.03 Å². The van der Waals surface area contributed by atoms with Crippen LogP contribution in [0.2, 0.25) is 0 Å². The summed E-state index contributed by atoms with van der Waals surface area (Å²) in [5.74, 6) is 0.688. The Kier molecular flexibility index (Phi) is 8.56. The highest BCUT2D eigenvalue weighted by molar-refractivity contribution is 5.89. The standard InChI is InChI=1S/C27H34FN5O3/c1-18-9-10-20(16-35-3)13-22(18)14-30-27(34)31-25-19(2)26(32-33(25)23-7-5-4-6-8-23)36-17-21-11-12-29-15-24(21)28/h4-10,13,21,24,29H,11-12,14-17H2,1-3H3,(H2,30,31,34)/t21?,24-/m1/s1. The summed E-state index contributed by atoms with van der Waals surface area (Å²) in [6.07, 6.45) is -0.248. The van der Waals surface area contributed by atoms with Crippen LogP contribution < -0.4 is 20.7 Å². The third-order valence-electron chi connectivity index (χ3n) is 6.45. The molecule has 2 atom stereocenters. The molecule has 3 N–H and O–H groups in total. The molecule has 1 aromatic heterocycles. The maximum atomic E-state index is 14.3. The van der Waals surface area contributed by atoms with Crippen LogP contribution in [0, 0.1) is 19.8 Å². The van der Waals surface area contributed by atoms with Crippen LogP contribution in [0.1, 0.15) is 28.7 Å². The number of ether oxygens (including phenoxy) is 2. The van der Waals surface area contributed by atoms with Gasteiger partial charge in [-0.25, -0.2) is 13.9 Å². The predicted octanol–water partition coefficient (Wildman–Crippen LogP) is 4.28. The van der Waals surface area contributed by atoms with Crippen LogP contribution in [-0.2, 0) is 17.9 Å². The molecule has 9 heteroatoms. The van der Waals surface area contributed by atoms with Crippen LogP contribution in [0.5, 0.6) is 5.88 Å². The predicted molar refractivity (Wildman–Crippen MR) is 137 cm³/mol. The summed E-state index contributed by atoms with van der Waals surface area (Å²) in [4.78, 5) is 12.9. The van der Waals surface area contributed by atoms with Gasteiger partial charge in [0, 0.05) is 26.1 Å². The van der Waals surface area contributed by atoms with Gasteiger partial charge < -0.3 is 20.1 Å². The summed E-state index contributed by atoms with van der Waals surface area (Å²) in [5.41, 5.74) is 4.60. The van der Waals surface area contributed by atoms with Gasteiger partial charge in [-0.15, -0.1) is 5.10 Å². The summed E-state index contributed by atoms with van der Waals surface area (Å²) in [6.45, 7) is 6.07. The lowest BCUT2D eigenvalue weighted by molar-refractivity contribution is 0.119. The van der Waals surface area contributed by atoms with Crippen molar-refractivity contribution in [2.75, 3.05) is 32.1 Å². The summed E-state index contributed by atoms with van der Waals surface area (Å²) in [7, 11) is 1.66. The molecule has 1 unspecified atom stereocenters. The second-order valence-electron chi connectivity index (χ2n) is 9.11. The number of urea groups is 1. The number of benzene rings is 2. The van der Waals surface area contributed by atoms with Crippen molar-refractivity contribution >= 4 is 11.8 Å². The number of carbonyl (C=O) groups is 1. The number of alkyl halides is 1. The van der Waals surface area contributed by atoms with Crippen LogP contribution in [0.15, 0.2) is 48.5 Å². The molecule has 0 saturated carbocycles. The van der Waals surface area contributed by atoms with Gasteiger partial charge in [-0.05, 0) is 55.6 Å². The number of nitrogens with zero attached hydrogens (tertiary/aromatic N) is 2. The Morgan fingerprint density at radius 2 is 2.03 bits per heavy atom. The first kappa shape index (κ1) is 25.7. The summed E-state index contributed by atoms with van der Waals surface area (Å²) >= 11 is 0. The van der Waals surface area contributed by atoms with E-state index in [0.717, 1.165) is 28.9 Å². The zero-order chi connectivity index (χ0) is 25.5. The second kappa shape index (κ2) is 12.0. The first-order chi connectivity index (χ1) is 17.5. The first-order valence-corrected chi connectivity index (χ1v) is 12.2. The molecule has 4 rings (SSSR count). The topological polar surface area (TPSA) is 89.4 Å². The van der Waals surface area contributed by atoms with Crippen LogP contribution in [-0.4, -0.2) is 48.8 Å². The highest BCUT2D eigenvalue weighted by atomic mass is 19.1. The molecule has 192 valence electrons. The molecule has 1 aliphatic heterocycles. The van der Waals surface area contributed by atoms with Crippen molar-refractivity contribution in [2.45, 2.75) is 39.6 Å². The van der Waals surface area contributed by atoms with E-state index in [9.17, 15) is 9.18 Å². The summed E-state index contributed by atoms with van der Waals surface area (Å²) < 4.78 is 27.1. The molecular formula is C27H34FN5O3. The van der Waals surface area contributed by atoms with Crippen LogP contribution in [0.3, 0.4) is 0 Å². The van der Waals surface area contributed by atoms with E-state index in [0.29, 0.717) is 43.4 Å². The van der Waals surface area contributed by atoms with E-state index < -0.39 is 6.17 Å². The van der Waals surface area contributed by atoms with Crippen molar-refractivity contribution in [1.29, 1.82) is 0 Å². The van der Waals surface area contributed by atoms with Gasteiger partial charge in [0.2, 0.25) is 5.88 Å². The van der Waals surface area contributed by atoms with Crippen molar-refractivity contribution in [3.63, 3.8) is 0 Å². The number of para-hydroxylation sites is 1. The molecule has 1 fully saturated rings. The molecule has 1 saturated heterocycles. The molecule has 2 heterocycles. The Hall–Kier alpha value is -3.43. The molecule has 2 amide bonds. The third kappa shape index (κ3) is 6.22. The summed E-state index contributed by atoms with van der Waals surface area (Å²) in [6, 6.07) is 15.2. The number of nitrogens with one attached hydrogen (secondary N) is 3. The fourth-order valence-corrected chi connectivity index (χ4v) is 4.26. The highest BCUT2D eigenvalue weighted by Crippen LogP contribution is 2.29. The van der Waals surface area contributed by atoms with Crippen molar-refractivity contribution < 1.29 is 18.7 Å². The number of carbonyl (C=O) groups excluding carboxylic acids is 1. The van der Waals surface area contributed by atoms with E-state index in [4.69, 9.17) is 9.47 Å². The lowest BCUT2D eigenvalue weighted by Gasteiger charge is -2.26. The number of anilines is 1. The zero-order valence-corrected chi connectivity index (χ0v) is 21.0. The Bertz CT molecular complexity index is 1170. The van der Waals surface area contributed by atoms with Crippen LogP contribution >= 0.6 is 0 Å². The molecule has 2 aromatic carbocycles. The number of piperidine rings is 1. The van der Waals surface area contributed by atoms with Crippen LogP contribution in [0.25, 0.3) is 5.69 Å². The first-order valence-electron chi connectivity index (χ1n) is 12.2. The van der Waals surface area contributed by atoms with E-state index >= 15 is 0 Å². The van der Waals surface area contributed by atoms with E-state index in [-0.39, 0.29) is 18.6 Å². The smallest absolute Gasteiger partial charge is 0.320 e. The number of rotatable bonds is 9. The van der Waals surface area contributed by atoms with E-state index in [1.54, 1.807) is 11.8 Å². The number of amides is 2. The number of aromatic nitrogens is 2. The Labute approximate surface area is 211 Å². The van der Waals surface area contributed by atoms with Crippen molar-refractivity contribution in [2.24, 2.45) is 5.92 Å². The molecule has 8 nitrogen and oxygen atoms in total. The lowest BCUT2D eigenvalue weighted by atomic mass is 9.97. The van der Waals surface area contributed by atoms with Crippen molar-refractivity contribution in [1.82, 2.24) is 20.4 Å². The third-order valence-corrected chi connectivity index (χ3v) is 6.45. The molecule has 0 bridgehead atoms. The number of aryl methyl sites for hydroxylation is 1. The zero-order valence-electron chi connectivity index (χ0n) is 21.0. The maximum Gasteiger partial charge on any atom is 0.320 e. The van der Waals surface area contributed by atoms with E-state index in [1.807, 2.05) is 62.4 Å². The van der Waals surface area contributed by atoms with Crippen LogP contribution in [0.4, 0.5) is 15.0 Å². The number of methoxy groups -OCH3 is 1. The average Bonchev–Trinajstić information content (AvgIpc) is 3.19. The Morgan fingerprint density at radius 1 is 1.22 bits per heavy atom. The average molecular weight is 496 g/mol. The molecule has 36 heavy (non-hydrogen) atoms. The SMILES string of the molecule is COCc1ccc(C)c(CNC(=O)Nc2c(C)c(OCC3CCNC[C@H]3F)nn2-c2ccccc2)c1. The largest absolute Gasteiger partial charge is 0.476 e. The maximum absolute atomic E-state index is 14.3. The number of hydrogen-bond acceptors (Lipinski definition) is 5. The molecule has 3 aromatic rings. The van der Waals surface area contributed by atoms with Crippen molar-refractivity contribution in [3.05, 3.63) is 70.8 Å². The minimum absolute atomic E-state index is 0.190.